The Bertz CT molecular complexity index is 652. The van der Waals surface area contributed by atoms with E-state index >= 15 is 0 Å². The Labute approximate surface area is 120 Å². The van der Waals surface area contributed by atoms with Crippen molar-refractivity contribution in [1.82, 2.24) is 25.6 Å². The Morgan fingerprint density at radius 2 is 2.15 bits per heavy atom. The highest BCUT2D eigenvalue weighted by molar-refractivity contribution is 7.99. The second-order valence-corrected chi connectivity index (χ2v) is 5.64. The number of nitrogens with one attached hydrogen (secondary N) is 1. The summed E-state index contributed by atoms with van der Waals surface area (Å²) in [6.07, 6.45) is 2.34. The summed E-state index contributed by atoms with van der Waals surface area (Å²) in [6.45, 7) is 2.00. The van der Waals surface area contributed by atoms with Gasteiger partial charge in [0.15, 0.2) is 5.82 Å². The van der Waals surface area contributed by atoms with E-state index in [2.05, 4.69) is 25.6 Å². The van der Waals surface area contributed by atoms with Crippen LogP contribution >= 0.6 is 11.8 Å². The largest absolute Gasteiger partial charge is 0.338 e. The van der Waals surface area contributed by atoms with Crippen LogP contribution in [0.5, 0.6) is 0 Å². The van der Waals surface area contributed by atoms with E-state index in [0.29, 0.717) is 18.1 Å². The predicted molar refractivity (Wildman–Crippen MR) is 74.2 cm³/mol. The van der Waals surface area contributed by atoms with Crippen LogP contribution < -0.4 is 0 Å². The van der Waals surface area contributed by atoms with Gasteiger partial charge in [-0.1, -0.05) is 47.3 Å². The molecule has 0 saturated heterocycles. The second-order valence-electron chi connectivity index (χ2n) is 4.28. The van der Waals surface area contributed by atoms with Crippen molar-refractivity contribution in [1.29, 1.82) is 0 Å². The fourth-order valence-corrected chi connectivity index (χ4v) is 2.53. The summed E-state index contributed by atoms with van der Waals surface area (Å²) in [5.74, 6) is 1.29. The maximum absolute atomic E-state index is 5.31. The third kappa shape index (κ3) is 3.05. The molecular weight excluding hydrogens is 274 g/mol. The lowest BCUT2D eigenvalue weighted by Gasteiger charge is -2.01. The molecule has 0 aliphatic heterocycles. The zero-order chi connectivity index (χ0) is 13.8. The van der Waals surface area contributed by atoms with Gasteiger partial charge in [-0.05, 0) is 12.5 Å². The molecule has 1 N–H and O–H groups in total. The molecule has 0 amide bonds. The lowest BCUT2D eigenvalue weighted by atomic mass is 10.1. The number of aromatic amines is 1. The fraction of sp³-hybridized carbons (Fsp3) is 0.231. The molecule has 3 aromatic rings. The van der Waals surface area contributed by atoms with E-state index in [4.69, 9.17) is 4.52 Å². The highest BCUT2D eigenvalue weighted by Gasteiger charge is 2.16. The van der Waals surface area contributed by atoms with Crippen molar-refractivity contribution < 1.29 is 4.52 Å². The Hall–Kier alpha value is -2.15. The van der Waals surface area contributed by atoms with Crippen molar-refractivity contribution >= 4 is 11.8 Å². The summed E-state index contributed by atoms with van der Waals surface area (Å²) in [5, 5.41) is 15.2. The highest BCUT2D eigenvalue weighted by atomic mass is 32.2. The molecule has 2 heterocycles. The lowest BCUT2D eigenvalue weighted by Crippen LogP contribution is -1.92. The number of thioether (sulfide) groups is 1. The van der Waals surface area contributed by atoms with Gasteiger partial charge in [-0.25, -0.2) is 0 Å². The molecule has 2 aromatic heterocycles. The molecule has 0 fully saturated rings. The summed E-state index contributed by atoms with van der Waals surface area (Å²) in [7, 11) is 0. The Morgan fingerprint density at radius 3 is 2.90 bits per heavy atom. The lowest BCUT2D eigenvalue weighted by molar-refractivity contribution is 0.375. The average Bonchev–Trinajstić information content (AvgIpc) is 3.11. The quantitative estimate of drug-likeness (QED) is 0.727. The first-order valence-electron chi connectivity index (χ1n) is 6.20. The van der Waals surface area contributed by atoms with Crippen molar-refractivity contribution in [3.63, 3.8) is 0 Å². The number of benzene rings is 1. The zero-order valence-corrected chi connectivity index (χ0v) is 11.7. The number of hydrogen-bond donors (Lipinski definition) is 1. The van der Waals surface area contributed by atoms with Crippen LogP contribution in [0.25, 0.3) is 0 Å². The van der Waals surface area contributed by atoms with Crippen LogP contribution in [0.2, 0.25) is 0 Å². The maximum Gasteiger partial charge on any atom is 0.239 e. The van der Waals surface area contributed by atoms with Gasteiger partial charge < -0.3 is 4.52 Å². The van der Waals surface area contributed by atoms with Gasteiger partial charge in [-0.2, -0.15) is 15.3 Å². The number of H-pyrrole nitrogens is 1. The van der Waals surface area contributed by atoms with Crippen LogP contribution in [0.4, 0.5) is 0 Å². The van der Waals surface area contributed by atoms with Gasteiger partial charge in [0.25, 0.3) is 0 Å². The summed E-state index contributed by atoms with van der Waals surface area (Å²) in [5.41, 5.74) is 1.16. The first kappa shape index (κ1) is 12.9. The van der Waals surface area contributed by atoms with Crippen LogP contribution in [0.15, 0.2) is 46.1 Å². The molecular formula is C13H13N5OS. The van der Waals surface area contributed by atoms with Crippen LogP contribution in [-0.2, 0) is 6.42 Å². The van der Waals surface area contributed by atoms with E-state index in [1.807, 2.05) is 37.3 Å². The molecule has 1 atom stereocenters. The summed E-state index contributed by atoms with van der Waals surface area (Å²) >= 11 is 1.52. The summed E-state index contributed by atoms with van der Waals surface area (Å²) < 4.78 is 5.31. The first-order chi connectivity index (χ1) is 9.81. The second kappa shape index (κ2) is 5.87. The molecule has 0 radical (unpaired) electrons. The van der Waals surface area contributed by atoms with E-state index in [9.17, 15) is 0 Å². The van der Waals surface area contributed by atoms with E-state index in [0.717, 1.165) is 10.6 Å². The molecule has 0 saturated carbocycles. The van der Waals surface area contributed by atoms with Crippen molar-refractivity contribution in [3.8, 4) is 0 Å². The Kier molecular flexibility index (Phi) is 3.78. The van der Waals surface area contributed by atoms with E-state index in [-0.39, 0.29) is 5.25 Å². The van der Waals surface area contributed by atoms with Gasteiger partial charge in [0.05, 0.1) is 11.4 Å². The highest BCUT2D eigenvalue weighted by Crippen LogP contribution is 2.31. The minimum atomic E-state index is 0.0390. The molecule has 3 rings (SSSR count). The molecule has 0 bridgehead atoms. The van der Waals surface area contributed by atoms with Crippen molar-refractivity contribution in [3.05, 3.63) is 53.8 Å². The maximum atomic E-state index is 5.31. The standard InChI is InChI=1S/C13H13N5OS/c1-9(20-12-8-14-18-16-12)13-15-11(17-19-13)7-10-5-3-2-4-6-10/h2-6,8-9H,7H2,1H3,(H,14,16,18). The van der Waals surface area contributed by atoms with Crippen LogP contribution in [0.3, 0.4) is 0 Å². The summed E-state index contributed by atoms with van der Waals surface area (Å²) in [4.78, 5) is 4.43. The fourth-order valence-electron chi connectivity index (χ4n) is 1.76. The van der Waals surface area contributed by atoms with Gasteiger partial charge in [-0.3, -0.25) is 0 Å². The van der Waals surface area contributed by atoms with Crippen molar-refractivity contribution in [2.24, 2.45) is 0 Å². The first-order valence-corrected chi connectivity index (χ1v) is 7.08. The minimum Gasteiger partial charge on any atom is -0.338 e. The predicted octanol–water partition coefficient (Wildman–Crippen LogP) is 2.63. The Morgan fingerprint density at radius 1 is 1.30 bits per heavy atom. The minimum absolute atomic E-state index is 0.0390. The van der Waals surface area contributed by atoms with Gasteiger partial charge in [-0.15, -0.1) is 5.10 Å². The van der Waals surface area contributed by atoms with Crippen molar-refractivity contribution in [2.45, 2.75) is 23.6 Å². The smallest absolute Gasteiger partial charge is 0.239 e. The van der Waals surface area contributed by atoms with Gasteiger partial charge >= 0.3 is 0 Å². The van der Waals surface area contributed by atoms with E-state index < -0.39 is 0 Å². The van der Waals surface area contributed by atoms with Gasteiger partial charge in [0.1, 0.15) is 5.03 Å². The Balaban J connectivity index is 1.67. The molecule has 6 nitrogen and oxygen atoms in total. The average molecular weight is 287 g/mol. The SMILES string of the molecule is CC(Sc1cn[nH]n1)c1nc(Cc2ccccc2)no1. The third-order valence-electron chi connectivity index (χ3n) is 2.73. The molecule has 0 aliphatic rings. The van der Waals surface area contributed by atoms with Gasteiger partial charge in [0, 0.05) is 6.42 Å². The molecule has 0 aliphatic carbocycles. The van der Waals surface area contributed by atoms with E-state index in [1.165, 1.54) is 11.8 Å². The number of rotatable bonds is 5. The number of nitrogens with zero attached hydrogens (tertiary/aromatic N) is 4. The van der Waals surface area contributed by atoms with Crippen LogP contribution in [0, 0.1) is 0 Å². The van der Waals surface area contributed by atoms with Gasteiger partial charge in [0.2, 0.25) is 5.89 Å². The topological polar surface area (TPSA) is 80.5 Å². The third-order valence-corrected chi connectivity index (χ3v) is 3.72. The van der Waals surface area contributed by atoms with Crippen molar-refractivity contribution in [2.75, 3.05) is 0 Å². The zero-order valence-electron chi connectivity index (χ0n) is 10.9. The van der Waals surface area contributed by atoms with Crippen LogP contribution in [0.1, 0.15) is 29.5 Å². The normalized spacial score (nSPS) is 12.4. The number of aromatic nitrogens is 5. The van der Waals surface area contributed by atoms with E-state index in [1.54, 1.807) is 6.20 Å². The van der Waals surface area contributed by atoms with Crippen LogP contribution in [-0.4, -0.2) is 25.6 Å². The molecule has 1 aromatic carbocycles. The molecule has 102 valence electrons. The molecule has 1 unspecified atom stereocenters. The monoisotopic (exact) mass is 287 g/mol. The summed E-state index contributed by atoms with van der Waals surface area (Å²) in [6, 6.07) is 10.1. The molecule has 7 heteroatoms. The molecule has 0 spiro atoms. The number of hydrogen-bond acceptors (Lipinski definition) is 6. The molecule has 20 heavy (non-hydrogen) atoms.